The molecule has 7 nitrogen and oxygen atoms in total. The highest BCUT2D eigenvalue weighted by molar-refractivity contribution is 6.32. The number of para-hydroxylation sites is 2. The van der Waals surface area contributed by atoms with E-state index in [0.717, 1.165) is 0 Å². The zero-order chi connectivity index (χ0) is 17.5. The standard InChI is InChI=1S/C16H16ClN3O4/c1-2-24-15-6-4-3-5-13(15)19-16(21)10-18-11-7-8-12(17)14(9-11)20(22)23/h3-9,18H,2,10H2,1H3,(H,19,21). The molecule has 0 aliphatic rings. The summed E-state index contributed by atoms with van der Waals surface area (Å²) in [6.45, 7) is 2.28. The number of hydrogen-bond acceptors (Lipinski definition) is 5. The Hall–Kier alpha value is -2.80. The largest absolute Gasteiger partial charge is 0.492 e. The second-order valence-electron chi connectivity index (χ2n) is 4.75. The van der Waals surface area contributed by atoms with Crippen LogP contribution in [0.4, 0.5) is 17.1 Å². The van der Waals surface area contributed by atoms with Crippen molar-refractivity contribution in [2.24, 2.45) is 0 Å². The maximum absolute atomic E-state index is 12.0. The molecule has 0 unspecified atom stereocenters. The highest BCUT2D eigenvalue weighted by Gasteiger charge is 2.13. The molecule has 0 heterocycles. The number of nitrogens with one attached hydrogen (secondary N) is 2. The number of hydrogen-bond donors (Lipinski definition) is 2. The van der Waals surface area contributed by atoms with Crippen LogP contribution in [0.2, 0.25) is 5.02 Å². The zero-order valence-corrected chi connectivity index (χ0v) is 13.7. The van der Waals surface area contributed by atoms with Gasteiger partial charge in [-0.15, -0.1) is 0 Å². The third-order valence-corrected chi connectivity index (χ3v) is 3.38. The molecule has 2 aromatic rings. The average molecular weight is 350 g/mol. The van der Waals surface area contributed by atoms with Gasteiger partial charge in [0.05, 0.1) is 23.8 Å². The smallest absolute Gasteiger partial charge is 0.289 e. The van der Waals surface area contributed by atoms with E-state index in [1.54, 1.807) is 24.3 Å². The Morgan fingerprint density at radius 3 is 2.75 bits per heavy atom. The van der Waals surface area contributed by atoms with Crippen LogP contribution in [-0.2, 0) is 4.79 Å². The summed E-state index contributed by atoms with van der Waals surface area (Å²) in [7, 11) is 0. The molecule has 0 atom stereocenters. The van der Waals surface area contributed by atoms with Gasteiger partial charge in [0.1, 0.15) is 10.8 Å². The monoisotopic (exact) mass is 349 g/mol. The highest BCUT2D eigenvalue weighted by atomic mass is 35.5. The first-order valence-electron chi connectivity index (χ1n) is 7.20. The molecule has 0 spiro atoms. The molecular weight excluding hydrogens is 334 g/mol. The van der Waals surface area contributed by atoms with Gasteiger partial charge in [0, 0.05) is 11.8 Å². The molecule has 0 aliphatic heterocycles. The number of rotatable bonds is 7. The molecule has 0 bridgehead atoms. The van der Waals surface area contributed by atoms with E-state index < -0.39 is 4.92 Å². The predicted octanol–water partition coefficient (Wildman–Crippen LogP) is 3.70. The number of benzene rings is 2. The summed E-state index contributed by atoms with van der Waals surface area (Å²) in [4.78, 5) is 22.3. The summed E-state index contributed by atoms with van der Waals surface area (Å²) in [5.41, 5.74) is 0.774. The SMILES string of the molecule is CCOc1ccccc1NC(=O)CNc1ccc(Cl)c([N+](=O)[O-])c1. The third-order valence-electron chi connectivity index (χ3n) is 3.06. The zero-order valence-electron chi connectivity index (χ0n) is 12.9. The van der Waals surface area contributed by atoms with Crippen molar-refractivity contribution in [2.75, 3.05) is 23.8 Å². The second kappa shape index (κ2) is 8.16. The van der Waals surface area contributed by atoms with E-state index in [1.807, 2.05) is 13.0 Å². The lowest BCUT2D eigenvalue weighted by molar-refractivity contribution is -0.384. The minimum Gasteiger partial charge on any atom is -0.492 e. The van der Waals surface area contributed by atoms with Gasteiger partial charge in [0.25, 0.3) is 5.69 Å². The predicted molar refractivity (Wildman–Crippen MR) is 92.8 cm³/mol. The number of carbonyl (C=O) groups is 1. The number of nitrogens with zero attached hydrogens (tertiary/aromatic N) is 1. The van der Waals surface area contributed by atoms with Crippen LogP contribution in [0.25, 0.3) is 0 Å². The molecule has 0 fully saturated rings. The van der Waals surface area contributed by atoms with Gasteiger partial charge in [-0.3, -0.25) is 14.9 Å². The molecule has 0 aromatic heterocycles. The molecule has 126 valence electrons. The first-order valence-corrected chi connectivity index (χ1v) is 7.58. The quantitative estimate of drug-likeness (QED) is 0.587. The van der Waals surface area contributed by atoms with Crippen molar-refractivity contribution in [3.63, 3.8) is 0 Å². The fourth-order valence-electron chi connectivity index (χ4n) is 1.99. The number of ether oxygens (including phenoxy) is 1. The van der Waals surface area contributed by atoms with Crippen molar-refractivity contribution in [1.82, 2.24) is 0 Å². The van der Waals surface area contributed by atoms with Crippen molar-refractivity contribution in [3.8, 4) is 5.75 Å². The van der Waals surface area contributed by atoms with Gasteiger partial charge in [-0.05, 0) is 31.2 Å². The van der Waals surface area contributed by atoms with E-state index in [-0.39, 0.29) is 23.2 Å². The van der Waals surface area contributed by atoms with Gasteiger partial charge >= 0.3 is 0 Å². The Bertz CT molecular complexity index is 752. The number of nitro groups is 1. The summed E-state index contributed by atoms with van der Waals surface area (Å²) in [6, 6.07) is 11.3. The van der Waals surface area contributed by atoms with E-state index in [9.17, 15) is 14.9 Å². The van der Waals surface area contributed by atoms with E-state index in [0.29, 0.717) is 23.7 Å². The summed E-state index contributed by atoms with van der Waals surface area (Å²) < 4.78 is 5.43. The van der Waals surface area contributed by atoms with Crippen LogP contribution in [0.1, 0.15) is 6.92 Å². The summed E-state index contributed by atoms with van der Waals surface area (Å²) in [6.07, 6.45) is 0. The van der Waals surface area contributed by atoms with E-state index in [1.165, 1.54) is 12.1 Å². The highest BCUT2D eigenvalue weighted by Crippen LogP contribution is 2.27. The van der Waals surface area contributed by atoms with Crippen molar-refractivity contribution in [1.29, 1.82) is 0 Å². The first-order chi connectivity index (χ1) is 11.5. The lowest BCUT2D eigenvalue weighted by atomic mass is 10.2. The van der Waals surface area contributed by atoms with Gasteiger partial charge < -0.3 is 15.4 Å². The Morgan fingerprint density at radius 2 is 2.04 bits per heavy atom. The molecule has 8 heteroatoms. The van der Waals surface area contributed by atoms with Gasteiger partial charge in [0.2, 0.25) is 5.91 Å². The van der Waals surface area contributed by atoms with Crippen LogP contribution in [0.5, 0.6) is 5.75 Å². The molecule has 1 amide bonds. The van der Waals surface area contributed by atoms with E-state index >= 15 is 0 Å². The first kappa shape index (κ1) is 17.6. The molecular formula is C16H16ClN3O4. The maximum Gasteiger partial charge on any atom is 0.289 e. The maximum atomic E-state index is 12.0. The minimum absolute atomic E-state index is 0.0423. The molecule has 2 N–H and O–H groups in total. The lowest BCUT2D eigenvalue weighted by Gasteiger charge is -2.12. The van der Waals surface area contributed by atoms with Gasteiger partial charge in [-0.1, -0.05) is 23.7 Å². The summed E-state index contributed by atoms with van der Waals surface area (Å²) >= 11 is 5.75. The van der Waals surface area contributed by atoms with Crippen molar-refractivity contribution in [2.45, 2.75) is 6.92 Å². The summed E-state index contributed by atoms with van der Waals surface area (Å²) in [5, 5.41) is 16.4. The number of anilines is 2. The molecule has 0 saturated heterocycles. The van der Waals surface area contributed by atoms with Crippen molar-refractivity contribution >= 4 is 34.6 Å². The molecule has 2 rings (SSSR count). The Kier molecular flexibility index (Phi) is 5.97. The molecule has 0 saturated carbocycles. The van der Waals surface area contributed by atoms with Crippen LogP contribution in [0.3, 0.4) is 0 Å². The van der Waals surface area contributed by atoms with Crippen LogP contribution in [0, 0.1) is 10.1 Å². The third kappa shape index (κ3) is 4.60. The van der Waals surface area contributed by atoms with Crippen LogP contribution >= 0.6 is 11.6 Å². The van der Waals surface area contributed by atoms with Crippen LogP contribution in [0.15, 0.2) is 42.5 Å². The topological polar surface area (TPSA) is 93.5 Å². The Labute approximate surface area is 143 Å². The van der Waals surface area contributed by atoms with Crippen LogP contribution < -0.4 is 15.4 Å². The Morgan fingerprint density at radius 1 is 1.29 bits per heavy atom. The van der Waals surface area contributed by atoms with Crippen molar-refractivity contribution in [3.05, 3.63) is 57.6 Å². The summed E-state index contributed by atoms with van der Waals surface area (Å²) in [5.74, 6) is 0.273. The fourth-order valence-corrected chi connectivity index (χ4v) is 2.18. The number of amides is 1. The van der Waals surface area contributed by atoms with Gasteiger partial charge in [0.15, 0.2) is 0 Å². The normalized spacial score (nSPS) is 10.1. The number of halogens is 1. The molecule has 2 aromatic carbocycles. The average Bonchev–Trinajstić information content (AvgIpc) is 2.56. The minimum atomic E-state index is -0.577. The molecule has 24 heavy (non-hydrogen) atoms. The van der Waals surface area contributed by atoms with Crippen LogP contribution in [-0.4, -0.2) is 24.0 Å². The van der Waals surface area contributed by atoms with Gasteiger partial charge in [-0.25, -0.2) is 0 Å². The fraction of sp³-hybridized carbons (Fsp3) is 0.188. The van der Waals surface area contributed by atoms with E-state index in [2.05, 4.69) is 10.6 Å². The number of carbonyl (C=O) groups excluding carboxylic acids is 1. The molecule has 0 aliphatic carbocycles. The number of nitro benzene ring substituents is 1. The van der Waals surface area contributed by atoms with Gasteiger partial charge in [-0.2, -0.15) is 0 Å². The molecule has 0 radical (unpaired) electrons. The second-order valence-corrected chi connectivity index (χ2v) is 5.16. The van der Waals surface area contributed by atoms with E-state index in [4.69, 9.17) is 16.3 Å². The Balaban J connectivity index is 1.99. The lowest BCUT2D eigenvalue weighted by Crippen LogP contribution is -2.22. The van der Waals surface area contributed by atoms with Crippen molar-refractivity contribution < 1.29 is 14.5 Å².